The minimum atomic E-state index is -1.72. The molecular formula is C12H22O11. The summed E-state index contributed by atoms with van der Waals surface area (Å²) in [6, 6.07) is 0. The van der Waals surface area contributed by atoms with Crippen molar-refractivity contribution in [1.29, 1.82) is 0 Å². The average molecular weight is 342 g/mol. The van der Waals surface area contributed by atoms with Crippen molar-refractivity contribution in [2.24, 2.45) is 0 Å². The first-order valence-electron chi connectivity index (χ1n) is 7.08. The molecular weight excluding hydrogens is 320 g/mol. The van der Waals surface area contributed by atoms with E-state index in [2.05, 4.69) is 0 Å². The Hall–Kier alpha value is -0.440. The highest BCUT2D eigenvalue weighted by atomic mass is 16.8. The van der Waals surface area contributed by atoms with Crippen LogP contribution in [0.1, 0.15) is 0 Å². The Kier molecular flexibility index (Phi) is 6.27. The number of ether oxygens (including phenoxy) is 3. The third-order valence-electron chi connectivity index (χ3n) is 3.97. The van der Waals surface area contributed by atoms with Gasteiger partial charge in [0, 0.05) is 0 Å². The van der Waals surface area contributed by atoms with Gasteiger partial charge in [-0.05, 0) is 0 Å². The van der Waals surface area contributed by atoms with Crippen LogP contribution in [0.3, 0.4) is 0 Å². The molecule has 2 heterocycles. The normalized spacial score (nSPS) is 51.7. The van der Waals surface area contributed by atoms with Gasteiger partial charge in [0.25, 0.3) is 0 Å². The monoisotopic (exact) mass is 342 g/mol. The van der Waals surface area contributed by atoms with Crippen LogP contribution in [-0.4, -0.2) is 115 Å². The predicted molar refractivity (Wildman–Crippen MR) is 68.6 cm³/mol. The molecule has 0 spiro atoms. The minimum Gasteiger partial charge on any atom is -0.394 e. The largest absolute Gasteiger partial charge is 0.394 e. The Bertz CT molecular complexity index is 344. The van der Waals surface area contributed by atoms with Crippen molar-refractivity contribution < 1.29 is 55.1 Å². The fourth-order valence-electron chi connectivity index (χ4n) is 2.49. The van der Waals surface area contributed by atoms with Crippen molar-refractivity contribution in [2.45, 2.75) is 61.4 Å². The minimum absolute atomic E-state index is 0.667. The van der Waals surface area contributed by atoms with Gasteiger partial charge >= 0.3 is 0 Å². The van der Waals surface area contributed by atoms with Gasteiger partial charge in [-0.1, -0.05) is 0 Å². The highest BCUT2D eigenvalue weighted by Crippen LogP contribution is 2.27. The van der Waals surface area contributed by atoms with E-state index < -0.39 is 74.6 Å². The lowest BCUT2D eigenvalue weighted by atomic mass is 9.98. The third-order valence-corrected chi connectivity index (χ3v) is 3.97. The first-order chi connectivity index (χ1) is 10.8. The van der Waals surface area contributed by atoms with Crippen molar-refractivity contribution >= 4 is 0 Å². The summed E-state index contributed by atoms with van der Waals surface area (Å²) in [5.41, 5.74) is 0. The van der Waals surface area contributed by atoms with Crippen molar-refractivity contribution in [1.82, 2.24) is 0 Å². The van der Waals surface area contributed by atoms with E-state index in [-0.39, 0.29) is 0 Å². The fraction of sp³-hybridized carbons (Fsp3) is 1.00. The molecule has 2 aliphatic heterocycles. The van der Waals surface area contributed by atoms with Crippen LogP contribution >= 0.6 is 0 Å². The highest BCUT2D eigenvalue weighted by molar-refractivity contribution is 4.92. The molecule has 0 aromatic rings. The Morgan fingerprint density at radius 1 is 0.565 bits per heavy atom. The number of hydrogen-bond acceptors (Lipinski definition) is 11. The lowest BCUT2D eigenvalue weighted by molar-refractivity contribution is -0.376. The van der Waals surface area contributed by atoms with Gasteiger partial charge in [0.1, 0.15) is 48.8 Å². The van der Waals surface area contributed by atoms with E-state index in [9.17, 15) is 30.6 Å². The molecule has 11 nitrogen and oxygen atoms in total. The number of aliphatic hydroxyl groups excluding tert-OH is 8. The van der Waals surface area contributed by atoms with Gasteiger partial charge in [-0.15, -0.1) is 0 Å². The van der Waals surface area contributed by atoms with E-state index in [1.807, 2.05) is 0 Å². The Labute approximate surface area is 130 Å². The van der Waals surface area contributed by atoms with E-state index in [1.165, 1.54) is 0 Å². The lowest BCUT2D eigenvalue weighted by Gasteiger charge is -2.44. The summed E-state index contributed by atoms with van der Waals surface area (Å²) in [6.45, 7) is -1.33. The van der Waals surface area contributed by atoms with Crippen LogP contribution in [0.2, 0.25) is 0 Å². The van der Waals surface area contributed by atoms with Gasteiger partial charge in [-0.25, -0.2) is 0 Å². The maximum absolute atomic E-state index is 9.84. The molecule has 136 valence electrons. The predicted octanol–water partition coefficient (Wildman–Crippen LogP) is -5.40. The van der Waals surface area contributed by atoms with Gasteiger partial charge < -0.3 is 55.1 Å². The molecule has 0 aromatic heterocycles. The molecule has 23 heavy (non-hydrogen) atoms. The molecule has 2 rings (SSSR count). The molecule has 0 radical (unpaired) electrons. The van der Waals surface area contributed by atoms with Crippen molar-refractivity contribution in [3.63, 3.8) is 0 Å². The molecule has 8 N–H and O–H groups in total. The second-order valence-corrected chi connectivity index (χ2v) is 5.53. The summed E-state index contributed by atoms with van der Waals surface area (Å²) >= 11 is 0. The molecule has 10 atom stereocenters. The summed E-state index contributed by atoms with van der Waals surface area (Å²) < 4.78 is 15.3. The van der Waals surface area contributed by atoms with Crippen LogP contribution in [-0.2, 0) is 14.2 Å². The fourth-order valence-corrected chi connectivity index (χ4v) is 2.49. The smallest absolute Gasteiger partial charge is 0.189 e. The number of aliphatic hydroxyl groups is 8. The second kappa shape index (κ2) is 7.63. The summed E-state index contributed by atoms with van der Waals surface area (Å²) in [6.07, 6.45) is -15.6. The van der Waals surface area contributed by atoms with Crippen LogP contribution < -0.4 is 0 Å². The van der Waals surface area contributed by atoms with Gasteiger partial charge in [0.15, 0.2) is 12.6 Å². The maximum Gasteiger partial charge on any atom is 0.189 e. The Balaban J connectivity index is 2.07. The molecule has 2 aliphatic rings. The molecule has 0 aliphatic carbocycles. The van der Waals surface area contributed by atoms with Crippen LogP contribution in [0.5, 0.6) is 0 Å². The molecule has 0 amide bonds. The van der Waals surface area contributed by atoms with E-state index >= 15 is 0 Å². The quantitative estimate of drug-likeness (QED) is 0.243. The topological polar surface area (TPSA) is 190 Å². The van der Waals surface area contributed by atoms with Crippen LogP contribution in [0.15, 0.2) is 0 Å². The van der Waals surface area contributed by atoms with Gasteiger partial charge in [0.2, 0.25) is 0 Å². The van der Waals surface area contributed by atoms with Crippen molar-refractivity contribution in [3.05, 3.63) is 0 Å². The van der Waals surface area contributed by atoms with Gasteiger partial charge in [-0.3, -0.25) is 0 Å². The zero-order chi connectivity index (χ0) is 17.3. The van der Waals surface area contributed by atoms with E-state index in [4.69, 9.17) is 24.4 Å². The van der Waals surface area contributed by atoms with Crippen LogP contribution in [0.4, 0.5) is 0 Å². The van der Waals surface area contributed by atoms with Crippen LogP contribution in [0, 0.1) is 0 Å². The summed E-state index contributed by atoms with van der Waals surface area (Å²) in [5.74, 6) is 0. The molecule has 2 fully saturated rings. The molecule has 11 heteroatoms. The SMILES string of the molecule is OC[C@H]1O[C@@H](O[C@@H]2O[C@H](CO)[C@@H](O)[C@H](O)[C@H]2O)[C@@H](O)[C@@H](O)[C@@H]1O. The van der Waals surface area contributed by atoms with Crippen LogP contribution in [0.25, 0.3) is 0 Å². The summed E-state index contributed by atoms with van der Waals surface area (Å²) in [7, 11) is 0. The molecule has 0 saturated carbocycles. The van der Waals surface area contributed by atoms with Gasteiger partial charge in [-0.2, -0.15) is 0 Å². The Morgan fingerprint density at radius 3 is 1.22 bits per heavy atom. The zero-order valence-corrected chi connectivity index (χ0v) is 12.0. The summed E-state index contributed by atoms with van der Waals surface area (Å²) in [5, 5.41) is 76.4. The average Bonchev–Trinajstić information content (AvgIpc) is 2.55. The maximum atomic E-state index is 9.84. The number of rotatable bonds is 4. The first-order valence-corrected chi connectivity index (χ1v) is 7.08. The standard InChI is InChI=1S/C12H22O11/c13-1-3-5(15)7(17)9(19)11(21-3)23-12-10(20)8(18)6(16)4(2-14)22-12/h3-20H,1-2H2/t3-,4-,5-,6-,7+,8+,9-,10+,11+,12+/m1/s1. The number of hydrogen-bond donors (Lipinski definition) is 8. The van der Waals surface area contributed by atoms with E-state index in [0.717, 1.165) is 0 Å². The van der Waals surface area contributed by atoms with Crippen molar-refractivity contribution in [3.8, 4) is 0 Å². The lowest BCUT2D eigenvalue weighted by Crippen LogP contribution is -2.63. The summed E-state index contributed by atoms with van der Waals surface area (Å²) in [4.78, 5) is 0. The Morgan fingerprint density at radius 2 is 0.913 bits per heavy atom. The molecule has 0 unspecified atom stereocenters. The molecule has 2 saturated heterocycles. The van der Waals surface area contributed by atoms with Crippen molar-refractivity contribution in [2.75, 3.05) is 13.2 Å². The third kappa shape index (κ3) is 3.65. The molecule has 0 aromatic carbocycles. The zero-order valence-electron chi connectivity index (χ0n) is 12.0. The molecule has 0 bridgehead atoms. The highest BCUT2D eigenvalue weighted by Gasteiger charge is 2.49. The second-order valence-electron chi connectivity index (χ2n) is 5.53. The first kappa shape index (κ1) is 18.9. The van der Waals surface area contributed by atoms with E-state index in [1.54, 1.807) is 0 Å². The van der Waals surface area contributed by atoms with E-state index in [0.29, 0.717) is 0 Å². The van der Waals surface area contributed by atoms with Gasteiger partial charge in [0.05, 0.1) is 13.2 Å².